The molecule has 0 aromatic carbocycles. The van der Waals surface area contributed by atoms with E-state index in [2.05, 4.69) is 19.6 Å². The third-order valence-corrected chi connectivity index (χ3v) is 2.59. The quantitative estimate of drug-likeness (QED) is 0.499. The molecule has 1 nitrogen and oxygen atoms in total. The Kier molecular flexibility index (Phi) is 2.06. The highest BCUT2D eigenvalue weighted by Crippen LogP contribution is 2.26. The summed E-state index contributed by atoms with van der Waals surface area (Å²) >= 11 is 4.23. The highest BCUT2D eigenvalue weighted by atomic mass is 32.1. The van der Waals surface area contributed by atoms with Gasteiger partial charge in [0.2, 0.25) is 0 Å². The lowest BCUT2D eigenvalue weighted by Gasteiger charge is -2.21. The maximum absolute atomic E-state index is 9.13. The van der Waals surface area contributed by atoms with Crippen molar-refractivity contribution in [3.8, 4) is 0 Å². The minimum absolute atomic E-state index is 0.0822. The Morgan fingerprint density at radius 2 is 2.44 bits per heavy atom. The first-order chi connectivity index (χ1) is 4.22. The molecule has 1 rings (SSSR count). The lowest BCUT2D eigenvalue weighted by molar-refractivity contribution is 0.341. The molecule has 1 aliphatic carbocycles. The van der Waals surface area contributed by atoms with E-state index in [1.165, 1.54) is 0 Å². The molecule has 2 heteroatoms. The van der Waals surface area contributed by atoms with E-state index in [1.54, 1.807) is 0 Å². The number of hydrogen-bond donors (Lipinski definition) is 2. The lowest BCUT2D eigenvalue weighted by atomic mass is 9.94. The van der Waals surface area contributed by atoms with Crippen molar-refractivity contribution in [3.05, 3.63) is 11.8 Å². The molecule has 0 radical (unpaired) electrons. The molecule has 2 unspecified atom stereocenters. The lowest BCUT2D eigenvalue weighted by Crippen LogP contribution is -2.17. The van der Waals surface area contributed by atoms with Gasteiger partial charge in [-0.3, -0.25) is 0 Å². The molecule has 1 N–H and O–H groups in total. The van der Waals surface area contributed by atoms with Crippen molar-refractivity contribution >= 4 is 12.6 Å². The Morgan fingerprint density at radius 1 is 1.78 bits per heavy atom. The predicted molar refractivity (Wildman–Crippen MR) is 41.9 cm³/mol. The van der Waals surface area contributed by atoms with Gasteiger partial charge in [-0.1, -0.05) is 6.92 Å². The van der Waals surface area contributed by atoms with Gasteiger partial charge in [0.1, 0.15) is 5.76 Å². The van der Waals surface area contributed by atoms with Crippen LogP contribution in [-0.2, 0) is 0 Å². The molecule has 0 heterocycles. The Labute approximate surface area is 61.2 Å². The van der Waals surface area contributed by atoms with E-state index in [4.69, 9.17) is 5.11 Å². The van der Waals surface area contributed by atoms with Gasteiger partial charge in [-0.25, -0.2) is 0 Å². The van der Waals surface area contributed by atoms with Gasteiger partial charge in [-0.15, -0.1) is 0 Å². The van der Waals surface area contributed by atoms with E-state index in [0.29, 0.717) is 11.7 Å². The van der Waals surface area contributed by atoms with Crippen LogP contribution >= 0.6 is 12.6 Å². The van der Waals surface area contributed by atoms with Crippen LogP contribution in [0.4, 0.5) is 0 Å². The third-order valence-electron chi connectivity index (χ3n) is 1.82. The maximum Gasteiger partial charge on any atom is 0.101 e. The maximum atomic E-state index is 9.13. The molecule has 0 aliphatic heterocycles. The minimum atomic E-state index is 0.0822. The third kappa shape index (κ3) is 1.42. The van der Waals surface area contributed by atoms with Crippen LogP contribution in [0.5, 0.6) is 0 Å². The summed E-state index contributed by atoms with van der Waals surface area (Å²) in [6.45, 7) is 2.11. The summed E-state index contributed by atoms with van der Waals surface area (Å²) in [6.07, 6.45) is 4.01. The Hall–Kier alpha value is -0.110. The van der Waals surface area contributed by atoms with E-state index < -0.39 is 0 Å². The van der Waals surface area contributed by atoms with E-state index in [1.807, 2.05) is 6.08 Å². The van der Waals surface area contributed by atoms with Gasteiger partial charge in [0.25, 0.3) is 0 Å². The van der Waals surface area contributed by atoms with Crippen molar-refractivity contribution in [1.82, 2.24) is 0 Å². The standard InChI is InChI=1S/C7H12OS/c1-5-3-2-4-6(8)7(5)9/h4-5,7-9H,2-3H2,1H3. The van der Waals surface area contributed by atoms with Gasteiger partial charge in [-0.2, -0.15) is 12.6 Å². The van der Waals surface area contributed by atoms with Crippen molar-refractivity contribution in [2.24, 2.45) is 5.92 Å². The minimum Gasteiger partial charge on any atom is -0.511 e. The average Bonchev–Trinajstić information content (AvgIpc) is 1.83. The molecular weight excluding hydrogens is 132 g/mol. The van der Waals surface area contributed by atoms with E-state index in [9.17, 15) is 0 Å². The van der Waals surface area contributed by atoms with Gasteiger partial charge in [-0.05, 0) is 24.8 Å². The number of rotatable bonds is 0. The molecule has 1 aliphatic rings. The summed E-state index contributed by atoms with van der Waals surface area (Å²) in [4.78, 5) is 0. The molecule has 0 fully saturated rings. The first-order valence-electron chi connectivity index (χ1n) is 3.29. The van der Waals surface area contributed by atoms with E-state index in [0.717, 1.165) is 12.8 Å². The molecule has 2 atom stereocenters. The van der Waals surface area contributed by atoms with Crippen LogP contribution in [0.25, 0.3) is 0 Å². The first-order valence-corrected chi connectivity index (χ1v) is 3.80. The second-order valence-electron chi connectivity index (χ2n) is 2.63. The van der Waals surface area contributed by atoms with Crippen LogP contribution in [0.2, 0.25) is 0 Å². The van der Waals surface area contributed by atoms with Crippen molar-refractivity contribution < 1.29 is 5.11 Å². The largest absolute Gasteiger partial charge is 0.511 e. The zero-order chi connectivity index (χ0) is 6.85. The van der Waals surface area contributed by atoms with Crippen LogP contribution in [0.3, 0.4) is 0 Å². The van der Waals surface area contributed by atoms with Gasteiger partial charge in [0.15, 0.2) is 0 Å². The molecule has 0 saturated heterocycles. The highest BCUT2D eigenvalue weighted by molar-refractivity contribution is 7.81. The summed E-state index contributed by atoms with van der Waals surface area (Å²) in [7, 11) is 0. The highest BCUT2D eigenvalue weighted by Gasteiger charge is 2.19. The summed E-state index contributed by atoms with van der Waals surface area (Å²) in [5.41, 5.74) is 0. The fraction of sp³-hybridized carbons (Fsp3) is 0.714. The molecule has 0 amide bonds. The zero-order valence-corrected chi connectivity index (χ0v) is 6.44. The molecule has 9 heavy (non-hydrogen) atoms. The van der Waals surface area contributed by atoms with Crippen LogP contribution in [0.1, 0.15) is 19.8 Å². The molecule has 0 aromatic rings. The van der Waals surface area contributed by atoms with Crippen LogP contribution < -0.4 is 0 Å². The van der Waals surface area contributed by atoms with Crippen LogP contribution in [0.15, 0.2) is 11.8 Å². The van der Waals surface area contributed by atoms with E-state index in [-0.39, 0.29) is 5.25 Å². The molecule has 52 valence electrons. The topological polar surface area (TPSA) is 20.2 Å². The van der Waals surface area contributed by atoms with Gasteiger partial charge >= 0.3 is 0 Å². The van der Waals surface area contributed by atoms with Crippen LogP contribution in [0, 0.1) is 5.92 Å². The number of aliphatic hydroxyl groups excluding tert-OH is 1. The number of thiol groups is 1. The van der Waals surface area contributed by atoms with E-state index >= 15 is 0 Å². The molecule has 0 bridgehead atoms. The Balaban J connectivity index is 2.62. The predicted octanol–water partition coefficient (Wildman–Crippen LogP) is 2.16. The summed E-state index contributed by atoms with van der Waals surface area (Å²) in [6, 6.07) is 0. The van der Waals surface area contributed by atoms with Gasteiger partial charge < -0.3 is 5.11 Å². The van der Waals surface area contributed by atoms with Crippen LogP contribution in [-0.4, -0.2) is 10.4 Å². The van der Waals surface area contributed by atoms with Gasteiger partial charge in [0, 0.05) is 0 Å². The number of hydrogen-bond acceptors (Lipinski definition) is 2. The van der Waals surface area contributed by atoms with Crippen molar-refractivity contribution in [3.63, 3.8) is 0 Å². The monoisotopic (exact) mass is 144 g/mol. The SMILES string of the molecule is CC1CCC=C(O)C1S. The Bertz CT molecular complexity index is 131. The van der Waals surface area contributed by atoms with Crippen molar-refractivity contribution in [1.29, 1.82) is 0 Å². The van der Waals surface area contributed by atoms with Crippen molar-refractivity contribution in [2.45, 2.75) is 25.0 Å². The average molecular weight is 144 g/mol. The normalized spacial score (nSPS) is 36.0. The second-order valence-corrected chi connectivity index (χ2v) is 3.18. The van der Waals surface area contributed by atoms with Gasteiger partial charge in [0.05, 0.1) is 5.25 Å². The number of allylic oxidation sites excluding steroid dienone is 1. The zero-order valence-electron chi connectivity index (χ0n) is 5.54. The summed E-state index contributed by atoms with van der Waals surface area (Å²) in [5.74, 6) is 0.982. The summed E-state index contributed by atoms with van der Waals surface area (Å²) < 4.78 is 0. The molecule has 0 saturated carbocycles. The van der Waals surface area contributed by atoms with Crippen molar-refractivity contribution in [2.75, 3.05) is 0 Å². The second kappa shape index (κ2) is 2.65. The molecule has 0 aromatic heterocycles. The first kappa shape index (κ1) is 7.00. The molecular formula is C7H12OS. The fourth-order valence-electron chi connectivity index (χ4n) is 1.06. The molecule has 0 spiro atoms. The fourth-order valence-corrected chi connectivity index (χ4v) is 1.32. The smallest absolute Gasteiger partial charge is 0.101 e. The number of aliphatic hydroxyl groups is 1. The Morgan fingerprint density at radius 3 is 2.89 bits per heavy atom. The summed E-state index contributed by atoms with van der Waals surface area (Å²) in [5, 5.41) is 9.22.